The topological polar surface area (TPSA) is 0 Å². The lowest BCUT2D eigenvalue weighted by molar-refractivity contribution is 0.488. The summed E-state index contributed by atoms with van der Waals surface area (Å²) in [7, 11) is 0. The molecule has 0 heterocycles. The molecule has 2 aromatic rings. The van der Waals surface area contributed by atoms with E-state index in [0.717, 1.165) is 0 Å². The third-order valence-electron chi connectivity index (χ3n) is 2.61. The van der Waals surface area contributed by atoms with Gasteiger partial charge in [0, 0.05) is 29.3 Å². The van der Waals surface area contributed by atoms with Gasteiger partial charge >= 0.3 is 0 Å². The van der Waals surface area contributed by atoms with Gasteiger partial charge in [0.05, 0.1) is 4.83 Å². The van der Waals surface area contributed by atoms with E-state index in [0.29, 0.717) is 18.2 Å². The van der Waals surface area contributed by atoms with E-state index in [9.17, 15) is 26.3 Å². The molecule has 2 aromatic carbocycles. The third-order valence-corrected chi connectivity index (χ3v) is 3.56. The summed E-state index contributed by atoms with van der Waals surface area (Å²) in [5.74, 6) is -7.66. The van der Waals surface area contributed by atoms with E-state index in [-0.39, 0.29) is 6.07 Å². The van der Waals surface area contributed by atoms with Crippen LogP contribution in [0.25, 0.3) is 0 Å². The number of hydrogen-bond donors (Lipinski definition) is 0. The van der Waals surface area contributed by atoms with Crippen molar-refractivity contribution in [2.45, 2.75) is 4.83 Å². The van der Waals surface area contributed by atoms with Crippen LogP contribution >= 0.6 is 15.9 Å². The molecular formula is C13H5BrF6. The average molecular weight is 355 g/mol. The monoisotopic (exact) mass is 354 g/mol. The quantitative estimate of drug-likeness (QED) is 0.404. The molecule has 106 valence electrons. The van der Waals surface area contributed by atoms with Crippen LogP contribution in [0, 0.1) is 34.9 Å². The number of halogens is 7. The van der Waals surface area contributed by atoms with E-state index >= 15 is 0 Å². The summed E-state index contributed by atoms with van der Waals surface area (Å²) in [6.07, 6.45) is 0. The Bertz CT molecular complexity index is 647. The zero-order valence-electron chi connectivity index (χ0n) is 9.53. The van der Waals surface area contributed by atoms with Gasteiger partial charge in [0.2, 0.25) is 0 Å². The first-order valence-electron chi connectivity index (χ1n) is 5.24. The maximum absolute atomic E-state index is 13.6. The zero-order valence-corrected chi connectivity index (χ0v) is 11.1. The summed E-state index contributed by atoms with van der Waals surface area (Å²) in [6, 6.07) is 1.56. The molecule has 0 saturated carbocycles. The van der Waals surface area contributed by atoms with Crippen LogP contribution in [-0.4, -0.2) is 0 Å². The van der Waals surface area contributed by atoms with Crippen molar-refractivity contribution in [1.82, 2.24) is 0 Å². The largest absolute Gasteiger partial charge is 0.207 e. The molecule has 0 fully saturated rings. The molecule has 0 nitrogen and oxygen atoms in total. The Morgan fingerprint density at radius 1 is 0.650 bits per heavy atom. The van der Waals surface area contributed by atoms with Crippen molar-refractivity contribution < 1.29 is 26.3 Å². The minimum atomic E-state index is -1.43. The number of alkyl halides is 1. The minimum Gasteiger partial charge on any atom is -0.207 e. The van der Waals surface area contributed by atoms with Gasteiger partial charge in [0.25, 0.3) is 0 Å². The molecule has 0 saturated heterocycles. The second-order valence-corrected chi connectivity index (χ2v) is 4.85. The van der Waals surface area contributed by atoms with Gasteiger partial charge in [0.1, 0.15) is 23.3 Å². The molecule has 0 amide bonds. The van der Waals surface area contributed by atoms with E-state index < -0.39 is 50.9 Å². The van der Waals surface area contributed by atoms with Crippen molar-refractivity contribution in [2.24, 2.45) is 0 Å². The van der Waals surface area contributed by atoms with Crippen molar-refractivity contribution in [3.8, 4) is 0 Å². The van der Waals surface area contributed by atoms with Gasteiger partial charge < -0.3 is 0 Å². The summed E-state index contributed by atoms with van der Waals surface area (Å²) < 4.78 is 79.4. The van der Waals surface area contributed by atoms with E-state index in [4.69, 9.17) is 0 Å². The predicted octanol–water partition coefficient (Wildman–Crippen LogP) is 5.01. The van der Waals surface area contributed by atoms with Gasteiger partial charge in [-0.2, -0.15) is 0 Å². The SMILES string of the molecule is Fc1cc(F)c(C(Br)c2cc(F)c(F)cc2F)c(F)c1. The lowest BCUT2D eigenvalue weighted by Gasteiger charge is -2.14. The molecule has 0 aromatic heterocycles. The molecule has 0 bridgehead atoms. The standard InChI is InChI=1S/C13H5BrF6/c14-13(6-3-8(17)9(18)4-7(6)16)12-10(19)1-5(15)2-11(12)20/h1-4,13H. The first-order chi connectivity index (χ1) is 9.31. The van der Waals surface area contributed by atoms with Crippen molar-refractivity contribution in [2.75, 3.05) is 0 Å². The summed E-state index contributed by atoms with van der Waals surface area (Å²) >= 11 is 2.80. The summed E-state index contributed by atoms with van der Waals surface area (Å²) in [4.78, 5) is -1.43. The fourth-order valence-corrected chi connectivity index (χ4v) is 2.47. The van der Waals surface area contributed by atoms with Gasteiger partial charge in [-0.25, -0.2) is 26.3 Å². The van der Waals surface area contributed by atoms with Gasteiger partial charge in [-0.15, -0.1) is 0 Å². The molecule has 0 radical (unpaired) electrons. The highest BCUT2D eigenvalue weighted by Gasteiger charge is 2.24. The highest BCUT2D eigenvalue weighted by molar-refractivity contribution is 9.09. The van der Waals surface area contributed by atoms with Crippen LogP contribution in [0.15, 0.2) is 24.3 Å². The summed E-state index contributed by atoms with van der Waals surface area (Å²) in [5, 5.41) is 0. The summed E-state index contributed by atoms with van der Waals surface area (Å²) in [6.45, 7) is 0. The number of hydrogen-bond acceptors (Lipinski definition) is 0. The Hall–Kier alpha value is -1.50. The Morgan fingerprint density at radius 3 is 1.70 bits per heavy atom. The van der Waals surface area contributed by atoms with Gasteiger partial charge in [0.15, 0.2) is 11.6 Å². The van der Waals surface area contributed by atoms with Gasteiger partial charge in [-0.1, -0.05) is 15.9 Å². The van der Waals surface area contributed by atoms with Crippen LogP contribution in [0.4, 0.5) is 26.3 Å². The molecule has 1 atom stereocenters. The van der Waals surface area contributed by atoms with Crippen molar-refractivity contribution in [3.63, 3.8) is 0 Å². The highest BCUT2D eigenvalue weighted by atomic mass is 79.9. The first-order valence-corrected chi connectivity index (χ1v) is 6.15. The second kappa shape index (κ2) is 5.47. The molecule has 0 aliphatic heterocycles. The molecule has 2 rings (SSSR count). The first kappa shape index (κ1) is 14.9. The smallest absolute Gasteiger partial charge is 0.161 e. The molecule has 1 unspecified atom stereocenters. The van der Waals surface area contributed by atoms with Crippen molar-refractivity contribution in [3.05, 3.63) is 70.3 Å². The highest BCUT2D eigenvalue weighted by Crippen LogP contribution is 2.36. The van der Waals surface area contributed by atoms with E-state index in [1.165, 1.54) is 0 Å². The van der Waals surface area contributed by atoms with Crippen LogP contribution in [0.3, 0.4) is 0 Å². The van der Waals surface area contributed by atoms with Crippen LogP contribution in [-0.2, 0) is 0 Å². The normalized spacial score (nSPS) is 12.6. The Labute approximate surface area is 118 Å². The van der Waals surface area contributed by atoms with Crippen molar-refractivity contribution >= 4 is 15.9 Å². The van der Waals surface area contributed by atoms with Crippen LogP contribution < -0.4 is 0 Å². The van der Waals surface area contributed by atoms with Gasteiger partial charge in [-0.05, 0) is 6.07 Å². The number of rotatable bonds is 2. The lowest BCUT2D eigenvalue weighted by atomic mass is 10.0. The van der Waals surface area contributed by atoms with Crippen molar-refractivity contribution in [1.29, 1.82) is 0 Å². The Morgan fingerprint density at radius 2 is 1.15 bits per heavy atom. The molecule has 7 heteroatoms. The van der Waals surface area contributed by atoms with E-state index in [2.05, 4.69) is 15.9 Å². The van der Waals surface area contributed by atoms with Crippen LogP contribution in [0.5, 0.6) is 0 Å². The van der Waals surface area contributed by atoms with E-state index in [1.807, 2.05) is 0 Å². The molecule has 0 aliphatic rings. The average Bonchev–Trinajstić information content (AvgIpc) is 2.32. The van der Waals surface area contributed by atoms with Crippen LogP contribution in [0.1, 0.15) is 16.0 Å². The summed E-state index contributed by atoms with van der Waals surface area (Å²) in [5.41, 5.74) is -1.20. The maximum atomic E-state index is 13.6. The zero-order chi connectivity index (χ0) is 15.0. The Balaban J connectivity index is 2.57. The maximum Gasteiger partial charge on any atom is 0.161 e. The number of benzene rings is 2. The molecule has 0 spiro atoms. The predicted molar refractivity (Wildman–Crippen MR) is 63.4 cm³/mol. The molecule has 0 aliphatic carbocycles. The van der Waals surface area contributed by atoms with Gasteiger partial charge in [-0.3, -0.25) is 0 Å². The van der Waals surface area contributed by atoms with Crippen LogP contribution in [0.2, 0.25) is 0 Å². The fraction of sp³-hybridized carbons (Fsp3) is 0.0769. The fourth-order valence-electron chi connectivity index (χ4n) is 1.68. The second-order valence-electron chi connectivity index (χ2n) is 3.93. The molecule has 20 heavy (non-hydrogen) atoms. The van der Waals surface area contributed by atoms with E-state index in [1.54, 1.807) is 0 Å². The lowest BCUT2D eigenvalue weighted by Crippen LogP contribution is -2.05. The molecular weight excluding hydrogens is 350 g/mol. The molecule has 0 N–H and O–H groups in total. The Kier molecular flexibility index (Phi) is 4.08. The third kappa shape index (κ3) is 2.67. The minimum absolute atomic E-state index is 0.262.